The van der Waals surface area contributed by atoms with E-state index in [2.05, 4.69) is 4.74 Å². The fourth-order valence-electron chi connectivity index (χ4n) is 1.80. The Morgan fingerprint density at radius 1 is 1.14 bits per heavy atom. The number of ether oxygens (including phenoxy) is 2. The van der Waals surface area contributed by atoms with Crippen molar-refractivity contribution in [1.29, 1.82) is 0 Å². The SMILES string of the molecule is COC(=O)c1ccc(COc2ccc(CN)cc2Cl)cc1. The van der Waals surface area contributed by atoms with E-state index in [0.717, 1.165) is 11.1 Å². The van der Waals surface area contributed by atoms with Gasteiger partial charge in [0, 0.05) is 6.54 Å². The first-order valence-corrected chi connectivity index (χ1v) is 6.80. The third-order valence-electron chi connectivity index (χ3n) is 3.00. The summed E-state index contributed by atoms with van der Waals surface area (Å²) in [5, 5.41) is 0.532. The first kappa shape index (κ1) is 15.4. The van der Waals surface area contributed by atoms with Crippen LogP contribution in [0.1, 0.15) is 21.5 Å². The van der Waals surface area contributed by atoms with Gasteiger partial charge in [-0.05, 0) is 35.4 Å². The summed E-state index contributed by atoms with van der Waals surface area (Å²) in [7, 11) is 1.35. The molecule has 0 unspecified atom stereocenters. The van der Waals surface area contributed by atoms with E-state index in [1.54, 1.807) is 24.3 Å². The van der Waals surface area contributed by atoms with Crippen molar-refractivity contribution in [2.24, 2.45) is 5.73 Å². The highest BCUT2D eigenvalue weighted by atomic mass is 35.5. The maximum atomic E-state index is 11.3. The van der Waals surface area contributed by atoms with Crippen molar-refractivity contribution in [2.45, 2.75) is 13.2 Å². The van der Waals surface area contributed by atoms with Gasteiger partial charge in [-0.1, -0.05) is 29.8 Å². The van der Waals surface area contributed by atoms with Gasteiger partial charge in [0.15, 0.2) is 0 Å². The lowest BCUT2D eigenvalue weighted by molar-refractivity contribution is 0.0600. The van der Waals surface area contributed by atoms with E-state index in [0.29, 0.717) is 29.5 Å². The van der Waals surface area contributed by atoms with Crippen LogP contribution in [0.3, 0.4) is 0 Å². The van der Waals surface area contributed by atoms with E-state index >= 15 is 0 Å². The van der Waals surface area contributed by atoms with Crippen LogP contribution in [0, 0.1) is 0 Å². The number of methoxy groups -OCH3 is 1. The molecule has 2 aromatic rings. The molecule has 110 valence electrons. The minimum Gasteiger partial charge on any atom is -0.487 e. The first-order valence-electron chi connectivity index (χ1n) is 6.42. The van der Waals surface area contributed by atoms with Crippen LogP contribution in [0.2, 0.25) is 5.02 Å². The van der Waals surface area contributed by atoms with E-state index in [1.807, 2.05) is 18.2 Å². The van der Waals surface area contributed by atoms with E-state index in [1.165, 1.54) is 7.11 Å². The molecule has 2 aromatic carbocycles. The van der Waals surface area contributed by atoms with E-state index in [9.17, 15) is 4.79 Å². The molecule has 2 N–H and O–H groups in total. The van der Waals surface area contributed by atoms with Crippen molar-refractivity contribution in [3.8, 4) is 5.75 Å². The van der Waals surface area contributed by atoms with Crippen LogP contribution in [0.25, 0.3) is 0 Å². The fourth-order valence-corrected chi connectivity index (χ4v) is 2.06. The van der Waals surface area contributed by atoms with Gasteiger partial charge < -0.3 is 15.2 Å². The number of benzene rings is 2. The molecule has 2 rings (SSSR count). The second kappa shape index (κ2) is 7.11. The molecular formula is C16H16ClNO3. The zero-order valence-electron chi connectivity index (χ0n) is 11.6. The summed E-state index contributed by atoms with van der Waals surface area (Å²) in [5.41, 5.74) is 7.94. The second-order valence-electron chi connectivity index (χ2n) is 4.45. The molecule has 0 heterocycles. The lowest BCUT2D eigenvalue weighted by Gasteiger charge is -2.09. The van der Waals surface area contributed by atoms with Gasteiger partial charge in [0.05, 0.1) is 17.7 Å². The molecule has 0 saturated carbocycles. The summed E-state index contributed by atoms with van der Waals surface area (Å²) in [6.07, 6.45) is 0. The van der Waals surface area contributed by atoms with Crippen molar-refractivity contribution >= 4 is 17.6 Å². The van der Waals surface area contributed by atoms with Gasteiger partial charge in [0.2, 0.25) is 0 Å². The Bertz CT molecular complexity index is 626. The molecule has 0 aliphatic rings. The number of hydrogen-bond donors (Lipinski definition) is 1. The molecule has 0 atom stereocenters. The summed E-state index contributed by atoms with van der Waals surface area (Å²) >= 11 is 6.12. The zero-order valence-corrected chi connectivity index (χ0v) is 12.4. The molecule has 0 radical (unpaired) electrons. The number of carbonyl (C=O) groups excluding carboxylic acids is 1. The third-order valence-corrected chi connectivity index (χ3v) is 3.30. The summed E-state index contributed by atoms with van der Waals surface area (Å²) in [6, 6.07) is 12.5. The Hall–Kier alpha value is -2.04. The topological polar surface area (TPSA) is 61.5 Å². The molecule has 0 aliphatic heterocycles. The molecule has 0 fully saturated rings. The lowest BCUT2D eigenvalue weighted by Crippen LogP contribution is -2.02. The number of halogens is 1. The van der Waals surface area contributed by atoms with E-state index in [-0.39, 0.29) is 5.97 Å². The van der Waals surface area contributed by atoms with Crippen LogP contribution >= 0.6 is 11.6 Å². The zero-order chi connectivity index (χ0) is 15.2. The molecule has 0 saturated heterocycles. The maximum absolute atomic E-state index is 11.3. The molecule has 5 heteroatoms. The van der Waals surface area contributed by atoms with Gasteiger partial charge in [-0.3, -0.25) is 0 Å². The Balaban J connectivity index is 2.01. The minimum atomic E-state index is -0.358. The van der Waals surface area contributed by atoms with Gasteiger partial charge >= 0.3 is 5.97 Å². The van der Waals surface area contributed by atoms with Crippen molar-refractivity contribution in [2.75, 3.05) is 7.11 Å². The number of carbonyl (C=O) groups is 1. The van der Waals surface area contributed by atoms with Crippen LogP contribution in [0.15, 0.2) is 42.5 Å². The average Bonchev–Trinajstić information content (AvgIpc) is 2.53. The standard InChI is InChI=1S/C16H16ClNO3/c1-20-16(19)13-5-2-11(3-6-13)10-21-15-7-4-12(9-18)8-14(15)17/h2-8H,9-10,18H2,1H3. The summed E-state index contributed by atoms with van der Waals surface area (Å²) < 4.78 is 10.3. The third kappa shape index (κ3) is 3.97. The Morgan fingerprint density at radius 3 is 2.38 bits per heavy atom. The van der Waals surface area contributed by atoms with Gasteiger partial charge in [-0.15, -0.1) is 0 Å². The largest absolute Gasteiger partial charge is 0.487 e. The molecule has 21 heavy (non-hydrogen) atoms. The first-order chi connectivity index (χ1) is 10.1. The number of hydrogen-bond acceptors (Lipinski definition) is 4. The summed E-state index contributed by atoms with van der Waals surface area (Å²) in [5.74, 6) is 0.244. The van der Waals surface area contributed by atoms with Crippen LogP contribution in [-0.2, 0) is 17.9 Å². The molecule has 4 nitrogen and oxygen atoms in total. The number of rotatable bonds is 5. The predicted octanol–water partition coefficient (Wildman–Crippen LogP) is 3.16. The highest BCUT2D eigenvalue weighted by molar-refractivity contribution is 6.32. The Morgan fingerprint density at radius 2 is 1.81 bits per heavy atom. The molecule has 0 spiro atoms. The molecule has 0 bridgehead atoms. The molecular weight excluding hydrogens is 290 g/mol. The van der Waals surface area contributed by atoms with Gasteiger partial charge in [0.1, 0.15) is 12.4 Å². The van der Waals surface area contributed by atoms with Crippen molar-refractivity contribution in [3.05, 3.63) is 64.2 Å². The van der Waals surface area contributed by atoms with Crippen LogP contribution in [-0.4, -0.2) is 13.1 Å². The number of nitrogens with two attached hydrogens (primary N) is 1. The minimum absolute atomic E-state index is 0.358. The van der Waals surface area contributed by atoms with Gasteiger partial charge in [-0.25, -0.2) is 4.79 Å². The summed E-state index contributed by atoms with van der Waals surface area (Å²) in [6.45, 7) is 0.804. The van der Waals surface area contributed by atoms with Crippen LogP contribution in [0.4, 0.5) is 0 Å². The predicted molar refractivity (Wildman–Crippen MR) is 81.5 cm³/mol. The fraction of sp³-hybridized carbons (Fsp3) is 0.188. The highest BCUT2D eigenvalue weighted by Gasteiger charge is 2.06. The van der Waals surface area contributed by atoms with Crippen molar-refractivity contribution in [1.82, 2.24) is 0 Å². The van der Waals surface area contributed by atoms with Gasteiger partial charge in [0.25, 0.3) is 0 Å². The number of esters is 1. The summed E-state index contributed by atoms with van der Waals surface area (Å²) in [4.78, 5) is 11.3. The van der Waals surface area contributed by atoms with E-state index in [4.69, 9.17) is 22.1 Å². The second-order valence-corrected chi connectivity index (χ2v) is 4.85. The lowest BCUT2D eigenvalue weighted by atomic mass is 10.1. The molecule has 0 aromatic heterocycles. The molecule has 0 amide bonds. The van der Waals surface area contributed by atoms with Crippen LogP contribution in [0.5, 0.6) is 5.75 Å². The Kier molecular flexibility index (Phi) is 5.20. The monoisotopic (exact) mass is 305 g/mol. The quantitative estimate of drug-likeness (QED) is 0.862. The average molecular weight is 306 g/mol. The van der Waals surface area contributed by atoms with E-state index < -0.39 is 0 Å². The maximum Gasteiger partial charge on any atom is 0.337 e. The normalized spacial score (nSPS) is 10.2. The Labute approximate surface area is 128 Å². The molecule has 0 aliphatic carbocycles. The van der Waals surface area contributed by atoms with Crippen molar-refractivity contribution < 1.29 is 14.3 Å². The highest BCUT2D eigenvalue weighted by Crippen LogP contribution is 2.26. The van der Waals surface area contributed by atoms with Gasteiger partial charge in [-0.2, -0.15) is 0 Å². The van der Waals surface area contributed by atoms with Crippen LogP contribution < -0.4 is 10.5 Å². The van der Waals surface area contributed by atoms with Crippen molar-refractivity contribution in [3.63, 3.8) is 0 Å². The smallest absolute Gasteiger partial charge is 0.337 e.